The van der Waals surface area contributed by atoms with Gasteiger partial charge in [0, 0.05) is 6.04 Å². The predicted octanol–water partition coefficient (Wildman–Crippen LogP) is 3.01. The van der Waals surface area contributed by atoms with Crippen LogP contribution in [0.3, 0.4) is 0 Å². The Bertz CT molecular complexity index is 634. The monoisotopic (exact) mass is 267 g/mol. The van der Waals surface area contributed by atoms with Crippen molar-refractivity contribution < 1.29 is 9.90 Å². The number of hydrogen-bond acceptors (Lipinski definition) is 2. The quantitative estimate of drug-likeness (QED) is 0.879. The molecule has 102 valence electrons. The summed E-state index contributed by atoms with van der Waals surface area (Å²) in [5.74, 6) is -0.887. The number of benzene rings is 2. The van der Waals surface area contributed by atoms with Crippen LogP contribution in [0.1, 0.15) is 40.0 Å². The van der Waals surface area contributed by atoms with Crippen molar-refractivity contribution in [2.75, 3.05) is 0 Å². The normalized spacial score (nSPS) is 21.2. The Morgan fingerprint density at radius 2 is 1.85 bits per heavy atom. The first kappa shape index (κ1) is 12.9. The zero-order valence-electron chi connectivity index (χ0n) is 11.3. The molecule has 3 nitrogen and oxygen atoms in total. The molecule has 2 N–H and O–H groups in total. The Labute approximate surface area is 118 Å². The summed E-state index contributed by atoms with van der Waals surface area (Å²) < 4.78 is 0. The minimum absolute atomic E-state index is 0.137. The van der Waals surface area contributed by atoms with E-state index in [4.69, 9.17) is 5.11 Å². The molecule has 0 bridgehead atoms. The molecule has 3 rings (SSSR count). The second kappa shape index (κ2) is 5.10. The molecular formula is C17H17NO2. The molecule has 2 aromatic rings. The van der Waals surface area contributed by atoms with E-state index in [-0.39, 0.29) is 6.04 Å². The summed E-state index contributed by atoms with van der Waals surface area (Å²) in [6.45, 7) is 2.18. The summed E-state index contributed by atoms with van der Waals surface area (Å²) >= 11 is 0. The Hall–Kier alpha value is -2.13. The first-order valence-electron chi connectivity index (χ1n) is 6.82. The van der Waals surface area contributed by atoms with Gasteiger partial charge in [0.2, 0.25) is 0 Å². The minimum atomic E-state index is -0.887. The standard InChI is InChI=1S/C17H17NO2/c1-11-10-14-4-2-3-5-15(14)16(18-11)12-6-8-13(9-7-12)17(19)20/h2-9,11,16,18H,10H2,1H3,(H,19,20). The van der Waals surface area contributed by atoms with Gasteiger partial charge in [-0.2, -0.15) is 0 Å². The van der Waals surface area contributed by atoms with Gasteiger partial charge in [0.25, 0.3) is 0 Å². The molecule has 0 amide bonds. The van der Waals surface area contributed by atoms with Gasteiger partial charge < -0.3 is 10.4 Å². The third-order valence-corrected chi connectivity index (χ3v) is 3.83. The van der Waals surface area contributed by atoms with Gasteiger partial charge in [0.05, 0.1) is 11.6 Å². The number of rotatable bonds is 2. The molecule has 0 fully saturated rings. The number of carbonyl (C=O) groups is 1. The second-order valence-electron chi connectivity index (χ2n) is 5.33. The molecule has 2 unspecified atom stereocenters. The first-order valence-corrected chi connectivity index (χ1v) is 6.82. The molecule has 20 heavy (non-hydrogen) atoms. The number of aromatic carboxylic acids is 1. The van der Waals surface area contributed by atoms with Crippen LogP contribution in [-0.4, -0.2) is 17.1 Å². The first-order chi connectivity index (χ1) is 9.65. The zero-order valence-corrected chi connectivity index (χ0v) is 11.3. The fraction of sp³-hybridized carbons (Fsp3) is 0.235. The Kier molecular flexibility index (Phi) is 3.28. The van der Waals surface area contributed by atoms with Gasteiger partial charge in [-0.05, 0) is 42.2 Å². The summed E-state index contributed by atoms with van der Waals surface area (Å²) in [6.07, 6.45) is 1.03. The van der Waals surface area contributed by atoms with Gasteiger partial charge in [0.15, 0.2) is 0 Å². The van der Waals surface area contributed by atoms with E-state index in [2.05, 4.69) is 36.5 Å². The van der Waals surface area contributed by atoms with Crippen LogP contribution in [0.5, 0.6) is 0 Å². The molecule has 0 radical (unpaired) electrons. The van der Waals surface area contributed by atoms with Gasteiger partial charge in [0.1, 0.15) is 0 Å². The lowest BCUT2D eigenvalue weighted by molar-refractivity contribution is 0.0697. The van der Waals surface area contributed by atoms with Crippen molar-refractivity contribution in [1.82, 2.24) is 5.32 Å². The molecule has 3 heteroatoms. The Balaban J connectivity index is 1.99. The van der Waals surface area contributed by atoms with Gasteiger partial charge in [-0.1, -0.05) is 36.4 Å². The van der Waals surface area contributed by atoms with Crippen molar-refractivity contribution in [1.29, 1.82) is 0 Å². The van der Waals surface area contributed by atoms with Crippen LogP contribution in [0, 0.1) is 0 Å². The van der Waals surface area contributed by atoms with Gasteiger partial charge in [-0.25, -0.2) is 4.79 Å². The average Bonchev–Trinajstić information content (AvgIpc) is 2.46. The van der Waals surface area contributed by atoms with Gasteiger partial charge in [-0.3, -0.25) is 0 Å². The molecule has 0 spiro atoms. The van der Waals surface area contributed by atoms with Crippen molar-refractivity contribution in [3.8, 4) is 0 Å². The van der Waals surface area contributed by atoms with Crippen molar-refractivity contribution in [2.24, 2.45) is 0 Å². The van der Waals surface area contributed by atoms with Crippen LogP contribution in [0.25, 0.3) is 0 Å². The molecular weight excluding hydrogens is 250 g/mol. The van der Waals surface area contributed by atoms with Gasteiger partial charge >= 0.3 is 5.97 Å². The van der Waals surface area contributed by atoms with E-state index >= 15 is 0 Å². The Morgan fingerprint density at radius 1 is 1.15 bits per heavy atom. The molecule has 0 saturated carbocycles. The maximum absolute atomic E-state index is 10.9. The minimum Gasteiger partial charge on any atom is -0.478 e. The van der Waals surface area contributed by atoms with Crippen molar-refractivity contribution in [3.63, 3.8) is 0 Å². The van der Waals surface area contributed by atoms with E-state index in [0.717, 1.165) is 12.0 Å². The van der Waals surface area contributed by atoms with Crippen LogP contribution in [0.2, 0.25) is 0 Å². The molecule has 1 aliphatic heterocycles. The number of carboxylic acids is 1. The molecule has 2 atom stereocenters. The average molecular weight is 267 g/mol. The largest absolute Gasteiger partial charge is 0.478 e. The smallest absolute Gasteiger partial charge is 0.335 e. The molecule has 0 saturated heterocycles. The maximum Gasteiger partial charge on any atom is 0.335 e. The maximum atomic E-state index is 10.9. The third kappa shape index (κ3) is 2.32. The van der Waals surface area contributed by atoms with Crippen LogP contribution in [-0.2, 0) is 6.42 Å². The lowest BCUT2D eigenvalue weighted by atomic mass is 9.87. The molecule has 2 aromatic carbocycles. The summed E-state index contributed by atoms with van der Waals surface area (Å²) in [5.41, 5.74) is 4.08. The Morgan fingerprint density at radius 3 is 2.55 bits per heavy atom. The summed E-state index contributed by atoms with van der Waals surface area (Å²) in [7, 11) is 0. The van der Waals surface area contributed by atoms with Crippen molar-refractivity contribution in [2.45, 2.75) is 25.4 Å². The third-order valence-electron chi connectivity index (χ3n) is 3.83. The fourth-order valence-electron chi connectivity index (χ4n) is 2.86. The van der Waals surface area contributed by atoms with Crippen molar-refractivity contribution in [3.05, 3.63) is 70.8 Å². The van der Waals surface area contributed by atoms with E-state index in [1.54, 1.807) is 12.1 Å². The fourth-order valence-corrected chi connectivity index (χ4v) is 2.86. The number of fused-ring (bicyclic) bond motifs is 1. The van der Waals surface area contributed by atoms with Crippen LogP contribution < -0.4 is 5.32 Å². The van der Waals surface area contributed by atoms with E-state index in [1.807, 2.05) is 12.1 Å². The molecule has 0 aliphatic carbocycles. The lowest BCUT2D eigenvalue weighted by Gasteiger charge is -2.31. The van der Waals surface area contributed by atoms with Crippen LogP contribution in [0.4, 0.5) is 0 Å². The topological polar surface area (TPSA) is 49.3 Å². The van der Waals surface area contributed by atoms with Crippen LogP contribution >= 0.6 is 0 Å². The summed E-state index contributed by atoms with van der Waals surface area (Å²) in [6, 6.07) is 16.1. The highest BCUT2D eigenvalue weighted by Crippen LogP contribution is 2.30. The lowest BCUT2D eigenvalue weighted by Crippen LogP contribution is -2.37. The zero-order chi connectivity index (χ0) is 14.1. The van der Waals surface area contributed by atoms with E-state index < -0.39 is 5.97 Å². The second-order valence-corrected chi connectivity index (χ2v) is 5.33. The highest BCUT2D eigenvalue weighted by Gasteiger charge is 2.24. The van der Waals surface area contributed by atoms with Crippen molar-refractivity contribution >= 4 is 5.97 Å². The predicted molar refractivity (Wildman–Crippen MR) is 78.0 cm³/mol. The van der Waals surface area contributed by atoms with E-state index in [0.29, 0.717) is 11.6 Å². The summed E-state index contributed by atoms with van der Waals surface area (Å²) in [5, 5.41) is 12.6. The highest BCUT2D eigenvalue weighted by molar-refractivity contribution is 5.87. The number of nitrogens with one attached hydrogen (secondary N) is 1. The molecule has 1 aliphatic rings. The van der Waals surface area contributed by atoms with Crippen LogP contribution in [0.15, 0.2) is 48.5 Å². The molecule has 0 aromatic heterocycles. The van der Waals surface area contributed by atoms with E-state index in [1.165, 1.54) is 11.1 Å². The SMILES string of the molecule is CC1Cc2ccccc2C(c2ccc(C(=O)O)cc2)N1. The highest BCUT2D eigenvalue weighted by atomic mass is 16.4. The van der Waals surface area contributed by atoms with Gasteiger partial charge in [-0.15, -0.1) is 0 Å². The number of hydrogen-bond donors (Lipinski definition) is 2. The van der Waals surface area contributed by atoms with E-state index in [9.17, 15) is 4.79 Å². The number of carboxylic acid groups (broad SMARTS) is 1. The molecule has 1 heterocycles. The summed E-state index contributed by atoms with van der Waals surface area (Å²) in [4.78, 5) is 10.9.